The SMILES string of the molecule is C[C@@H](NC(=O)[C@H](Cc1ccccc1)NC(=O)OCc1ccccc1)c1ccccc1. The summed E-state index contributed by atoms with van der Waals surface area (Å²) in [4.78, 5) is 25.3. The summed E-state index contributed by atoms with van der Waals surface area (Å²) in [6.07, 6.45) is -0.253. The van der Waals surface area contributed by atoms with Gasteiger partial charge in [0, 0.05) is 6.42 Å². The first-order valence-electron chi connectivity index (χ1n) is 9.98. The standard InChI is InChI=1S/C25H26N2O3/c1-19(22-15-9-4-10-16-22)26-24(28)23(17-20-11-5-2-6-12-20)27-25(29)30-18-21-13-7-3-8-14-21/h2-16,19,23H,17-18H2,1H3,(H,26,28)(H,27,29)/t19-,23+/m1/s1. The number of carbonyl (C=O) groups excluding carboxylic acids is 2. The summed E-state index contributed by atoms with van der Waals surface area (Å²) >= 11 is 0. The van der Waals surface area contributed by atoms with Crippen LogP contribution in [0.2, 0.25) is 0 Å². The Balaban J connectivity index is 1.64. The summed E-state index contributed by atoms with van der Waals surface area (Å²) in [7, 11) is 0. The van der Waals surface area contributed by atoms with Gasteiger partial charge < -0.3 is 15.4 Å². The van der Waals surface area contributed by atoms with Crippen LogP contribution in [0.25, 0.3) is 0 Å². The third-order valence-electron chi connectivity index (χ3n) is 4.76. The van der Waals surface area contributed by atoms with E-state index in [1.54, 1.807) is 0 Å². The maximum absolute atomic E-state index is 13.0. The molecule has 154 valence electrons. The number of amides is 2. The zero-order valence-electron chi connectivity index (χ0n) is 17.0. The lowest BCUT2D eigenvalue weighted by atomic mass is 10.0. The molecule has 0 saturated carbocycles. The molecule has 0 bridgehead atoms. The fourth-order valence-electron chi connectivity index (χ4n) is 3.11. The zero-order valence-corrected chi connectivity index (χ0v) is 17.0. The molecule has 0 aliphatic heterocycles. The topological polar surface area (TPSA) is 67.4 Å². The Hall–Kier alpha value is -3.60. The Labute approximate surface area is 177 Å². The molecule has 2 N–H and O–H groups in total. The minimum absolute atomic E-state index is 0.146. The first-order valence-corrected chi connectivity index (χ1v) is 9.98. The van der Waals surface area contributed by atoms with Crippen LogP contribution in [-0.2, 0) is 22.6 Å². The van der Waals surface area contributed by atoms with Crippen molar-refractivity contribution in [1.29, 1.82) is 0 Å². The van der Waals surface area contributed by atoms with Gasteiger partial charge in [-0.05, 0) is 23.6 Å². The van der Waals surface area contributed by atoms with Crippen molar-refractivity contribution in [2.24, 2.45) is 0 Å². The van der Waals surface area contributed by atoms with E-state index in [1.807, 2.05) is 97.9 Å². The zero-order chi connectivity index (χ0) is 21.2. The number of hydrogen-bond donors (Lipinski definition) is 2. The molecule has 0 saturated heterocycles. The maximum Gasteiger partial charge on any atom is 0.408 e. The summed E-state index contributed by atoms with van der Waals surface area (Å²) in [6, 6.07) is 27.8. The highest BCUT2D eigenvalue weighted by atomic mass is 16.5. The number of nitrogens with one attached hydrogen (secondary N) is 2. The van der Waals surface area contributed by atoms with Crippen LogP contribution in [0.4, 0.5) is 4.79 Å². The van der Waals surface area contributed by atoms with Crippen molar-refractivity contribution in [3.8, 4) is 0 Å². The number of rotatable bonds is 8. The molecular formula is C25H26N2O3. The molecule has 5 heteroatoms. The quantitative estimate of drug-likeness (QED) is 0.587. The number of ether oxygens (including phenoxy) is 1. The second-order valence-electron chi connectivity index (χ2n) is 7.09. The molecule has 2 atom stereocenters. The lowest BCUT2D eigenvalue weighted by Gasteiger charge is -2.21. The molecule has 0 aliphatic rings. The highest BCUT2D eigenvalue weighted by molar-refractivity contribution is 5.86. The van der Waals surface area contributed by atoms with Gasteiger partial charge in [0.05, 0.1) is 6.04 Å². The molecule has 0 aromatic heterocycles. The van der Waals surface area contributed by atoms with Crippen molar-refractivity contribution in [3.63, 3.8) is 0 Å². The third-order valence-corrected chi connectivity index (χ3v) is 4.76. The first kappa shape index (κ1) is 21.1. The molecule has 30 heavy (non-hydrogen) atoms. The van der Waals surface area contributed by atoms with E-state index in [2.05, 4.69) is 10.6 Å². The fourth-order valence-corrected chi connectivity index (χ4v) is 3.11. The van der Waals surface area contributed by atoms with E-state index in [9.17, 15) is 9.59 Å². The Morgan fingerprint density at radius 2 is 1.30 bits per heavy atom. The van der Waals surface area contributed by atoms with E-state index in [-0.39, 0.29) is 18.6 Å². The Bertz CT molecular complexity index is 930. The fraction of sp³-hybridized carbons (Fsp3) is 0.200. The third kappa shape index (κ3) is 6.48. The van der Waals surface area contributed by atoms with E-state index in [4.69, 9.17) is 4.74 Å². The van der Waals surface area contributed by atoms with Gasteiger partial charge in [-0.1, -0.05) is 91.0 Å². The Kier molecular flexibility index (Phi) is 7.61. The summed E-state index contributed by atoms with van der Waals surface area (Å²) in [5.74, 6) is -0.258. The van der Waals surface area contributed by atoms with Crippen molar-refractivity contribution < 1.29 is 14.3 Å². The molecule has 0 spiro atoms. The Morgan fingerprint density at radius 1 is 0.767 bits per heavy atom. The predicted octanol–water partition coefficient (Wildman–Crippen LogP) is 4.40. The average Bonchev–Trinajstić information content (AvgIpc) is 2.79. The molecule has 0 radical (unpaired) electrons. The normalized spacial score (nSPS) is 12.4. The van der Waals surface area contributed by atoms with Crippen LogP contribution in [0.3, 0.4) is 0 Å². The van der Waals surface area contributed by atoms with E-state index in [0.717, 1.165) is 16.7 Å². The molecule has 0 unspecified atom stereocenters. The molecule has 0 fully saturated rings. The van der Waals surface area contributed by atoms with E-state index in [0.29, 0.717) is 6.42 Å². The van der Waals surface area contributed by atoms with Gasteiger partial charge in [-0.2, -0.15) is 0 Å². The van der Waals surface area contributed by atoms with Gasteiger partial charge in [-0.3, -0.25) is 4.79 Å². The van der Waals surface area contributed by atoms with Crippen LogP contribution >= 0.6 is 0 Å². The van der Waals surface area contributed by atoms with Crippen molar-refractivity contribution in [2.75, 3.05) is 0 Å². The molecule has 2 amide bonds. The minimum atomic E-state index is -0.748. The number of benzene rings is 3. The van der Waals surface area contributed by atoms with E-state index >= 15 is 0 Å². The molecule has 3 aromatic carbocycles. The van der Waals surface area contributed by atoms with Crippen LogP contribution in [0.1, 0.15) is 29.7 Å². The summed E-state index contributed by atoms with van der Waals surface area (Å²) < 4.78 is 5.31. The van der Waals surface area contributed by atoms with Gasteiger partial charge in [0.25, 0.3) is 0 Å². The molecular weight excluding hydrogens is 376 g/mol. The minimum Gasteiger partial charge on any atom is -0.445 e. The molecule has 3 rings (SSSR count). The van der Waals surface area contributed by atoms with Gasteiger partial charge >= 0.3 is 6.09 Å². The van der Waals surface area contributed by atoms with Crippen LogP contribution in [0.5, 0.6) is 0 Å². The highest BCUT2D eigenvalue weighted by Gasteiger charge is 2.23. The maximum atomic E-state index is 13.0. The van der Waals surface area contributed by atoms with Gasteiger partial charge in [0.15, 0.2) is 0 Å². The monoisotopic (exact) mass is 402 g/mol. The van der Waals surface area contributed by atoms with Gasteiger partial charge in [-0.15, -0.1) is 0 Å². The van der Waals surface area contributed by atoms with Crippen LogP contribution in [0, 0.1) is 0 Å². The largest absolute Gasteiger partial charge is 0.445 e. The van der Waals surface area contributed by atoms with E-state index < -0.39 is 12.1 Å². The van der Waals surface area contributed by atoms with Gasteiger partial charge in [0.2, 0.25) is 5.91 Å². The van der Waals surface area contributed by atoms with Crippen LogP contribution in [0.15, 0.2) is 91.0 Å². The van der Waals surface area contributed by atoms with Crippen LogP contribution < -0.4 is 10.6 Å². The number of hydrogen-bond acceptors (Lipinski definition) is 3. The summed E-state index contributed by atoms with van der Waals surface area (Å²) in [5, 5.41) is 5.71. The number of alkyl carbamates (subject to hydrolysis) is 1. The van der Waals surface area contributed by atoms with Gasteiger partial charge in [0.1, 0.15) is 12.6 Å². The van der Waals surface area contributed by atoms with Crippen molar-refractivity contribution in [1.82, 2.24) is 10.6 Å². The molecule has 0 heterocycles. The Morgan fingerprint density at radius 3 is 1.90 bits per heavy atom. The van der Waals surface area contributed by atoms with Gasteiger partial charge in [-0.25, -0.2) is 4.79 Å². The van der Waals surface area contributed by atoms with Crippen molar-refractivity contribution in [2.45, 2.75) is 32.0 Å². The van der Waals surface area contributed by atoms with Crippen molar-refractivity contribution in [3.05, 3.63) is 108 Å². The summed E-state index contributed by atoms with van der Waals surface area (Å²) in [5.41, 5.74) is 2.83. The van der Waals surface area contributed by atoms with Crippen LogP contribution in [-0.4, -0.2) is 18.0 Å². The highest BCUT2D eigenvalue weighted by Crippen LogP contribution is 2.12. The second-order valence-corrected chi connectivity index (χ2v) is 7.09. The molecule has 0 aliphatic carbocycles. The second kappa shape index (κ2) is 10.8. The lowest BCUT2D eigenvalue weighted by Crippen LogP contribution is -2.48. The molecule has 5 nitrogen and oxygen atoms in total. The lowest BCUT2D eigenvalue weighted by molar-refractivity contribution is -0.123. The average molecular weight is 402 g/mol. The predicted molar refractivity (Wildman–Crippen MR) is 117 cm³/mol. The number of carbonyl (C=O) groups is 2. The smallest absolute Gasteiger partial charge is 0.408 e. The van der Waals surface area contributed by atoms with Crippen molar-refractivity contribution >= 4 is 12.0 Å². The van der Waals surface area contributed by atoms with E-state index in [1.165, 1.54) is 0 Å². The first-order chi connectivity index (χ1) is 14.6. The summed E-state index contributed by atoms with van der Waals surface area (Å²) in [6.45, 7) is 2.06. The molecule has 3 aromatic rings.